The first-order valence-corrected chi connectivity index (χ1v) is 7.54. The predicted molar refractivity (Wildman–Crippen MR) is 68.5 cm³/mol. The number of rotatable bonds is 4. The molecule has 4 nitrogen and oxygen atoms in total. The average molecular weight is 267 g/mol. The topological polar surface area (TPSA) is 54.5 Å². The highest BCUT2D eigenvalue weighted by Gasteiger charge is 2.44. The van der Waals surface area contributed by atoms with E-state index in [1.54, 1.807) is 24.3 Å². The standard InChI is InChI=1S/C13H17NO3S/c1-3-4-11-9-13(15)14(11)18(16,17)12-7-5-10(2)6-8-12/h5-8,11H,3-4,9H2,1-2H3. The van der Waals surface area contributed by atoms with Gasteiger partial charge in [-0.05, 0) is 25.5 Å². The lowest BCUT2D eigenvalue weighted by atomic mass is 10.0. The molecule has 0 radical (unpaired) electrons. The highest BCUT2D eigenvalue weighted by atomic mass is 32.2. The molecule has 1 unspecified atom stereocenters. The molecule has 0 spiro atoms. The van der Waals surface area contributed by atoms with Crippen LogP contribution in [0, 0.1) is 6.92 Å². The molecule has 1 heterocycles. The van der Waals surface area contributed by atoms with E-state index >= 15 is 0 Å². The first kappa shape index (κ1) is 13.1. The van der Waals surface area contributed by atoms with Crippen LogP contribution >= 0.6 is 0 Å². The summed E-state index contributed by atoms with van der Waals surface area (Å²) in [5.74, 6) is -0.297. The van der Waals surface area contributed by atoms with Crippen LogP contribution in [-0.4, -0.2) is 24.7 Å². The number of benzene rings is 1. The number of hydrogen-bond donors (Lipinski definition) is 0. The molecule has 18 heavy (non-hydrogen) atoms. The van der Waals surface area contributed by atoms with Gasteiger partial charge in [0.25, 0.3) is 10.0 Å². The van der Waals surface area contributed by atoms with Gasteiger partial charge in [-0.25, -0.2) is 12.7 Å². The lowest BCUT2D eigenvalue weighted by Crippen LogP contribution is -2.55. The number of carbonyl (C=O) groups is 1. The maximum absolute atomic E-state index is 12.3. The van der Waals surface area contributed by atoms with Crippen molar-refractivity contribution in [3.8, 4) is 0 Å². The summed E-state index contributed by atoms with van der Waals surface area (Å²) in [7, 11) is -3.66. The van der Waals surface area contributed by atoms with Crippen molar-refractivity contribution in [2.75, 3.05) is 0 Å². The Labute approximate surface area is 108 Å². The van der Waals surface area contributed by atoms with E-state index in [4.69, 9.17) is 0 Å². The molecule has 1 aliphatic heterocycles. The molecule has 0 N–H and O–H groups in total. The number of β-lactam (4-membered cyclic amide) rings is 1. The van der Waals surface area contributed by atoms with Crippen molar-refractivity contribution in [1.29, 1.82) is 0 Å². The van der Waals surface area contributed by atoms with Gasteiger partial charge in [-0.3, -0.25) is 4.79 Å². The zero-order valence-corrected chi connectivity index (χ0v) is 11.4. The van der Waals surface area contributed by atoms with Crippen molar-refractivity contribution in [3.63, 3.8) is 0 Å². The van der Waals surface area contributed by atoms with Crippen LogP contribution in [0.5, 0.6) is 0 Å². The summed E-state index contributed by atoms with van der Waals surface area (Å²) in [6.07, 6.45) is 1.95. The molecule has 1 aromatic rings. The highest BCUT2D eigenvalue weighted by Crippen LogP contribution is 2.30. The zero-order valence-electron chi connectivity index (χ0n) is 10.6. The molecule has 1 aliphatic rings. The molecule has 0 aromatic heterocycles. The summed E-state index contributed by atoms with van der Waals surface area (Å²) >= 11 is 0. The first-order valence-electron chi connectivity index (χ1n) is 6.10. The van der Waals surface area contributed by atoms with Gasteiger partial charge in [0.05, 0.1) is 10.9 Å². The van der Waals surface area contributed by atoms with Gasteiger partial charge >= 0.3 is 0 Å². The lowest BCUT2D eigenvalue weighted by molar-refractivity contribution is -0.137. The van der Waals surface area contributed by atoms with Gasteiger partial charge < -0.3 is 0 Å². The quantitative estimate of drug-likeness (QED) is 0.785. The minimum atomic E-state index is -3.66. The van der Waals surface area contributed by atoms with Crippen molar-refractivity contribution in [1.82, 2.24) is 4.31 Å². The summed E-state index contributed by atoms with van der Waals surface area (Å²) in [4.78, 5) is 11.7. The Morgan fingerprint density at radius 1 is 1.28 bits per heavy atom. The van der Waals surface area contributed by atoms with Gasteiger partial charge in [0.2, 0.25) is 5.91 Å². The molecule has 98 valence electrons. The highest BCUT2D eigenvalue weighted by molar-refractivity contribution is 7.89. The smallest absolute Gasteiger partial charge is 0.266 e. The Hall–Kier alpha value is -1.36. The second-order valence-corrected chi connectivity index (χ2v) is 6.47. The number of aryl methyl sites for hydroxylation is 1. The molecule has 5 heteroatoms. The van der Waals surface area contributed by atoms with Gasteiger partial charge in [0, 0.05) is 6.42 Å². The second kappa shape index (κ2) is 4.72. The fourth-order valence-electron chi connectivity index (χ4n) is 2.17. The van der Waals surface area contributed by atoms with Crippen molar-refractivity contribution in [2.45, 2.75) is 44.0 Å². The van der Waals surface area contributed by atoms with Crippen LogP contribution in [0.1, 0.15) is 31.7 Å². The first-order chi connectivity index (χ1) is 8.46. The van der Waals surface area contributed by atoms with Crippen LogP contribution in [0.2, 0.25) is 0 Å². The molecule has 0 bridgehead atoms. The summed E-state index contributed by atoms with van der Waals surface area (Å²) in [6.45, 7) is 3.88. The van der Waals surface area contributed by atoms with Crippen molar-refractivity contribution in [2.24, 2.45) is 0 Å². The number of sulfonamides is 1. The van der Waals surface area contributed by atoms with Crippen molar-refractivity contribution >= 4 is 15.9 Å². The van der Waals surface area contributed by atoms with Gasteiger partial charge in [-0.2, -0.15) is 0 Å². The Bertz CT molecular complexity index is 548. The molecule has 1 aromatic carbocycles. The lowest BCUT2D eigenvalue weighted by Gasteiger charge is -2.39. The Balaban J connectivity index is 2.30. The van der Waals surface area contributed by atoms with E-state index in [2.05, 4.69) is 0 Å². The molecule has 0 aliphatic carbocycles. The normalized spacial score (nSPS) is 19.8. The molecule has 1 atom stereocenters. The van der Waals surface area contributed by atoms with Gasteiger partial charge in [0.15, 0.2) is 0 Å². The summed E-state index contributed by atoms with van der Waals surface area (Å²) in [5.41, 5.74) is 0.994. The van der Waals surface area contributed by atoms with Gasteiger partial charge in [-0.1, -0.05) is 31.0 Å². The zero-order chi connectivity index (χ0) is 13.3. The number of hydrogen-bond acceptors (Lipinski definition) is 3. The van der Waals surface area contributed by atoms with Gasteiger partial charge in [0.1, 0.15) is 0 Å². The molecule has 1 fully saturated rings. The maximum Gasteiger partial charge on any atom is 0.266 e. The number of nitrogens with zero attached hydrogens (tertiary/aromatic N) is 1. The SMILES string of the molecule is CCCC1CC(=O)N1S(=O)(=O)c1ccc(C)cc1. The van der Waals surface area contributed by atoms with E-state index in [9.17, 15) is 13.2 Å². The minimum absolute atomic E-state index is 0.159. The van der Waals surface area contributed by atoms with Crippen LogP contribution in [0.3, 0.4) is 0 Å². The number of carbonyl (C=O) groups excluding carboxylic acids is 1. The van der Waals surface area contributed by atoms with Crippen LogP contribution < -0.4 is 0 Å². The minimum Gasteiger partial charge on any atom is -0.274 e. The summed E-state index contributed by atoms with van der Waals surface area (Å²) < 4.78 is 25.7. The monoisotopic (exact) mass is 267 g/mol. The Morgan fingerprint density at radius 2 is 1.89 bits per heavy atom. The van der Waals surface area contributed by atoms with Crippen molar-refractivity contribution in [3.05, 3.63) is 29.8 Å². The maximum atomic E-state index is 12.3. The van der Waals surface area contributed by atoms with E-state index in [1.807, 2.05) is 13.8 Å². The van der Waals surface area contributed by atoms with Crippen LogP contribution in [0.4, 0.5) is 0 Å². The van der Waals surface area contributed by atoms with Crippen LogP contribution in [-0.2, 0) is 14.8 Å². The van der Waals surface area contributed by atoms with E-state index in [1.165, 1.54) is 0 Å². The summed E-state index contributed by atoms with van der Waals surface area (Å²) in [5, 5.41) is 0. The van der Waals surface area contributed by atoms with E-state index in [0.29, 0.717) is 6.42 Å². The third-order valence-corrected chi connectivity index (χ3v) is 5.07. The van der Waals surface area contributed by atoms with Crippen LogP contribution in [0.25, 0.3) is 0 Å². The second-order valence-electron chi connectivity index (χ2n) is 4.65. The average Bonchev–Trinajstić information content (AvgIpc) is 2.28. The molecule has 1 saturated heterocycles. The molecular weight excluding hydrogens is 250 g/mol. The predicted octanol–water partition coefficient (Wildman–Crippen LogP) is 2.08. The molecule has 0 saturated carbocycles. The van der Waals surface area contributed by atoms with Gasteiger partial charge in [-0.15, -0.1) is 0 Å². The molecule has 2 rings (SSSR count). The fraction of sp³-hybridized carbons (Fsp3) is 0.462. The van der Waals surface area contributed by atoms with E-state index in [-0.39, 0.29) is 16.8 Å². The third-order valence-electron chi connectivity index (χ3n) is 3.19. The molecular formula is C13H17NO3S. The van der Waals surface area contributed by atoms with Crippen LogP contribution in [0.15, 0.2) is 29.2 Å². The Kier molecular flexibility index (Phi) is 3.43. The number of amides is 1. The third kappa shape index (κ3) is 2.14. The largest absolute Gasteiger partial charge is 0.274 e. The Morgan fingerprint density at radius 3 is 2.39 bits per heavy atom. The summed E-state index contributed by atoms with van der Waals surface area (Å²) in [6, 6.07) is 6.44. The van der Waals surface area contributed by atoms with Crippen molar-refractivity contribution < 1.29 is 13.2 Å². The van der Waals surface area contributed by atoms with E-state index < -0.39 is 10.0 Å². The fourth-order valence-corrected chi connectivity index (χ4v) is 3.79. The van der Waals surface area contributed by atoms with E-state index in [0.717, 1.165) is 22.7 Å². The molecule has 1 amide bonds.